The predicted molar refractivity (Wildman–Crippen MR) is 57.8 cm³/mol. The number of carboxylic acids is 1. The standard InChI is InChI=1S/C5H11Cl.C3H7NO2Se/c1-2-3-4-5-6;4-2(1-7)3(5)6/h2-5H2,1H3;2,7H,1,4H2,(H,5,6). The van der Waals surface area contributed by atoms with Crippen molar-refractivity contribution in [3.8, 4) is 0 Å². The number of rotatable bonds is 5. The predicted octanol–water partition coefficient (Wildman–Crippen LogP) is 1.13. The van der Waals surface area contributed by atoms with Crippen LogP contribution in [0.4, 0.5) is 0 Å². The molecule has 0 spiro atoms. The van der Waals surface area contributed by atoms with Gasteiger partial charge in [0.2, 0.25) is 0 Å². The van der Waals surface area contributed by atoms with Gasteiger partial charge in [0.25, 0.3) is 0 Å². The van der Waals surface area contributed by atoms with E-state index in [1.807, 2.05) is 0 Å². The van der Waals surface area contributed by atoms with Crippen LogP contribution in [0.5, 0.6) is 0 Å². The Morgan fingerprint density at radius 2 is 2.15 bits per heavy atom. The van der Waals surface area contributed by atoms with E-state index in [1.54, 1.807) is 0 Å². The molecular formula is C8H18ClNO2Se. The molecule has 0 aromatic rings. The van der Waals surface area contributed by atoms with E-state index in [9.17, 15) is 4.79 Å². The van der Waals surface area contributed by atoms with Crippen LogP contribution in [0.2, 0.25) is 5.32 Å². The van der Waals surface area contributed by atoms with Crippen LogP contribution in [-0.4, -0.2) is 39.0 Å². The summed E-state index contributed by atoms with van der Waals surface area (Å²) in [5, 5.41) is 8.48. The molecule has 13 heavy (non-hydrogen) atoms. The molecule has 0 aliphatic heterocycles. The van der Waals surface area contributed by atoms with Gasteiger partial charge in [0.05, 0.1) is 0 Å². The fraction of sp³-hybridized carbons (Fsp3) is 0.875. The summed E-state index contributed by atoms with van der Waals surface area (Å²) in [6, 6.07) is -0.708. The molecule has 0 saturated heterocycles. The van der Waals surface area contributed by atoms with Gasteiger partial charge < -0.3 is 0 Å². The summed E-state index contributed by atoms with van der Waals surface area (Å²) in [6.45, 7) is 2.17. The first-order valence-corrected chi connectivity index (χ1v) is 6.11. The number of carbonyl (C=O) groups is 1. The van der Waals surface area contributed by atoms with E-state index in [-0.39, 0.29) is 0 Å². The Labute approximate surface area is 92.8 Å². The summed E-state index contributed by atoms with van der Waals surface area (Å²) in [6.07, 6.45) is 3.73. The SMILES string of the molecule is CCCCCCl.NC(C[SeH])C(=O)O. The van der Waals surface area contributed by atoms with Gasteiger partial charge >= 0.3 is 49.0 Å². The molecule has 0 radical (unpaired) electrons. The second-order valence-corrected chi connectivity index (χ2v) is 3.67. The van der Waals surface area contributed by atoms with Gasteiger partial charge in [0.1, 0.15) is 0 Å². The van der Waals surface area contributed by atoms with E-state index < -0.39 is 12.0 Å². The van der Waals surface area contributed by atoms with Crippen molar-refractivity contribution >= 4 is 33.6 Å². The topological polar surface area (TPSA) is 63.3 Å². The number of halogens is 1. The molecule has 3 N–H and O–H groups in total. The molecule has 0 fully saturated rings. The third-order valence-electron chi connectivity index (χ3n) is 1.25. The number of carboxylic acid groups (broad SMARTS) is 1. The number of nitrogens with two attached hydrogens (primary N) is 1. The molecule has 1 unspecified atom stereocenters. The van der Waals surface area contributed by atoms with E-state index in [4.69, 9.17) is 22.4 Å². The molecule has 0 aliphatic carbocycles. The van der Waals surface area contributed by atoms with Crippen molar-refractivity contribution in [2.45, 2.75) is 37.5 Å². The summed E-state index contributed by atoms with van der Waals surface area (Å²) < 4.78 is 0. The van der Waals surface area contributed by atoms with Gasteiger partial charge in [-0.2, -0.15) is 0 Å². The van der Waals surface area contributed by atoms with Gasteiger partial charge in [-0.05, 0) is 6.42 Å². The molecule has 0 aliphatic rings. The number of alkyl halides is 1. The van der Waals surface area contributed by atoms with Crippen LogP contribution in [-0.2, 0) is 4.79 Å². The van der Waals surface area contributed by atoms with Crippen LogP contribution in [0.25, 0.3) is 0 Å². The van der Waals surface area contributed by atoms with Crippen LogP contribution in [0.15, 0.2) is 0 Å². The normalized spacial score (nSPS) is 11.4. The van der Waals surface area contributed by atoms with E-state index in [2.05, 4.69) is 22.9 Å². The second-order valence-electron chi connectivity index (χ2n) is 2.52. The maximum absolute atomic E-state index is 9.80. The Bertz CT molecular complexity index is 121. The van der Waals surface area contributed by atoms with Crippen LogP contribution in [0.3, 0.4) is 0 Å². The van der Waals surface area contributed by atoms with Crippen LogP contribution in [0, 0.1) is 0 Å². The summed E-state index contributed by atoms with van der Waals surface area (Å²) in [4.78, 5) is 9.80. The summed E-state index contributed by atoms with van der Waals surface area (Å²) in [5.41, 5.74) is 5.00. The van der Waals surface area contributed by atoms with Crippen LogP contribution < -0.4 is 5.73 Å². The molecule has 0 aromatic carbocycles. The molecule has 0 heterocycles. The van der Waals surface area contributed by atoms with E-state index in [0.717, 1.165) is 5.88 Å². The van der Waals surface area contributed by atoms with Crippen molar-refractivity contribution in [2.75, 3.05) is 5.88 Å². The third kappa shape index (κ3) is 15.0. The monoisotopic (exact) mass is 275 g/mol. The zero-order valence-electron chi connectivity index (χ0n) is 7.87. The average molecular weight is 275 g/mol. The van der Waals surface area contributed by atoms with Crippen LogP contribution in [0.1, 0.15) is 26.2 Å². The average Bonchev–Trinajstić information content (AvgIpc) is 2.14. The van der Waals surface area contributed by atoms with Crippen molar-refractivity contribution in [3.63, 3.8) is 0 Å². The van der Waals surface area contributed by atoms with Crippen molar-refractivity contribution in [2.24, 2.45) is 5.73 Å². The van der Waals surface area contributed by atoms with Gasteiger partial charge in [-0.25, -0.2) is 0 Å². The van der Waals surface area contributed by atoms with Crippen LogP contribution >= 0.6 is 11.6 Å². The molecule has 0 bridgehead atoms. The molecule has 5 heteroatoms. The molecule has 1 atom stereocenters. The summed E-state index contributed by atoms with van der Waals surface area (Å²) in [5.74, 6) is -0.117. The maximum atomic E-state index is 9.80. The molecular weight excluding hydrogens is 257 g/mol. The Kier molecular flexibility index (Phi) is 14.8. The number of hydrogen-bond acceptors (Lipinski definition) is 2. The number of hydrogen-bond donors (Lipinski definition) is 2. The molecule has 0 amide bonds. The Hall–Kier alpha value is 0.239. The Morgan fingerprint density at radius 1 is 1.62 bits per heavy atom. The summed E-state index contributed by atoms with van der Waals surface area (Å²) >= 11 is 7.51. The van der Waals surface area contributed by atoms with Crippen molar-refractivity contribution in [1.29, 1.82) is 0 Å². The molecule has 80 valence electrons. The molecule has 0 saturated carbocycles. The molecule has 0 rings (SSSR count). The minimum absolute atomic E-state index is 0.433. The van der Waals surface area contributed by atoms with Gasteiger partial charge in [-0.3, -0.25) is 0 Å². The fourth-order valence-corrected chi connectivity index (χ4v) is 0.939. The van der Waals surface area contributed by atoms with Gasteiger partial charge in [0, 0.05) is 5.88 Å². The van der Waals surface area contributed by atoms with E-state index in [0.29, 0.717) is 5.32 Å². The van der Waals surface area contributed by atoms with Crippen molar-refractivity contribution in [1.82, 2.24) is 0 Å². The van der Waals surface area contributed by atoms with Gasteiger partial charge in [-0.15, -0.1) is 11.6 Å². The fourth-order valence-electron chi connectivity index (χ4n) is 0.423. The molecule has 0 aromatic heterocycles. The Balaban J connectivity index is 0. The van der Waals surface area contributed by atoms with Gasteiger partial charge in [-0.1, -0.05) is 19.8 Å². The summed E-state index contributed by atoms with van der Waals surface area (Å²) in [7, 11) is 0. The molecule has 3 nitrogen and oxygen atoms in total. The Morgan fingerprint density at radius 3 is 2.23 bits per heavy atom. The van der Waals surface area contributed by atoms with E-state index >= 15 is 0 Å². The quantitative estimate of drug-likeness (QED) is 0.449. The van der Waals surface area contributed by atoms with E-state index in [1.165, 1.54) is 19.3 Å². The second kappa shape index (κ2) is 12.2. The minimum atomic E-state index is -0.944. The first-order chi connectivity index (χ1) is 6.09. The first kappa shape index (κ1) is 15.7. The number of aliphatic carboxylic acids is 1. The van der Waals surface area contributed by atoms with Gasteiger partial charge in [0.15, 0.2) is 0 Å². The number of unbranched alkanes of at least 4 members (excludes halogenated alkanes) is 2. The third-order valence-corrected chi connectivity index (χ3v) is 2.34. The zero-order valence-corrected chi connectivity index (χ0v) is 10.5. The van der Waals surface area contributed by atoms with Crippen molar-refractivity contribution < 1.29 is 9.90 Å². The zero-order chi connectivity index (χ0) is 10.7. The van der Waals surface area contributed by atoms with Crippen molar-refractivity contribution in [3.05, 3.63) is 0 Å². The first-order valence-electron chi connectivity index (χ1n) is 4.25.